The maximum atomic E-state index is 13.4. The van der Waals surface area contributed by atoms with Crippen LogP contribution in [-0.4, -0.2) is 43.2 Å². The van der Waals surface area contributed by atoms with E-state index in [4.69, 9.17) is 23.2 Å². The normalized spacial score (nSPS) is 11.6. The molecule has 1 amide bonds. The Labute approximate surface area is 234 Å². The summed E-state index contributed by atoms with van der Waals surface area (Å²) >= 11 is 15.3. The largest absolute Gasteiger partial charge is 0.383 e. The molecule has 4 rings (SSSR count). The van der Waals surface area contributed by atoms with E-state index < -0.39 is 15.9 Å². The summed E-state index contributed by atoms with van der Waals surface area (Å²) in [6.07, 6.45) is 1.68. The summed E-state index contributed by atoms with van der Waals surface area (Å²) in [6.45, 7) is 0.415. The molecule has 0 bridgehead atoms. The van der Waals surface area contributed by atoms with Gasteiger partial charge in [-0.15, -0.1) is 0 Å². The monoisotopic (exact) mass is 620 g/mol. The summed E-state index contributed by atoms with van der Waals surface area (Å²) in [6, 6.07) is 20.4. The first-order valence-electron chi connectivity index (χ1n) is 11.3. The van der Waals surface area contributed by atoms with Gasteiger partial charge in [0, 0.05) is 51.4 Å². The number of nitrogens with one attached hydrogen (secondary N) is 2. The predicted octanol–water partition coefficient (Wildman–Crippen LogP) is 5.72. The number of halogens is 3. The van der Waals surface area contributed by atoms with Crippen LogP contribution >= 0.6 is 39.1 Å². The molecule has 37 heavy (non-hydrogen) atoms. The van der Waals surface area contributed by atoms with Gasteiger partial charge in [-0.3, -0.25) is 9.78 Å². The fourth-order valence-corrected chi connectivity index (χ4v) is 5.61. The third-order valence-electron chi connectivity index (χ3n) is 5.51. The number of nitrogens with zero attached hydrogens (tertiary/aromatic N) is 2. The molecule has 3 aromatic carbocycles. The first kappa shape index (κ1) is 27.3. The molecule has 1 aromatic heterocycles. The number of aromatic nitrogens is 1. The Morgan fingerprint density at radius 3 is 2.35 bits per heavy atom. The zero-order chi connectivity index (χ0) is 26.4. The van der Waals surface area contributed by atoms with Gasteiger partial charge in [0.25, 0.3) is 0 Å². The number of anilines is 1. The third-order valence-corrected chi connectivity index (χ3v) is 8.33. The number of pyridine rings is 1. The van der Waals surface area contributed by atoms with Crippen molar-refractivity contribution in [2.75, 3.05) is 25.0 Å². The quantitative estimate of drug-likeness (QED) is 0.221. The van der Waals surface area contributed by atoms with E-state index in [9.17, 15) is 13.2 Å². The number of benzene rings is 3. The van der Waals surface area contributed by atoms with E-state index in [0.717, 1.165) is 25.4 Å². The number of sulfonamides is 1. The number of hydrogen-bond donors (Lipinski definition) is 2. The molecule has 0 radical (unpaired) electrons. The van der Waals surface area contributed by atoms with Gasteiger partial charge in [-0.1, -0.05) is 51.3 Å². The van der Waals surface area contributed by atoms with E-state index in [1.807, 2.05) is 12.1 Å². The molecule has 0 aliphatic carbocycles. The summed E-state index contributed by atoms with van der Waals surface area (Å²) in [5.74, 6) is -0.414. The molecule has 11 heteroatoms. The van der Waals surface area contributed by atoms with Gasteiger partial charge in [0.2, 0.25) is 15.9 Å². The average Bonchev–Trinajstić information content (AvgIpc) is 2.87. The van der Waals surface area contributed by atoms with Gasteiger partial charge >= 0.3 is 0 Å². The van der Waals surface area contributed by atoms with Crippen LogP contribution in [-0.2, 0) is 21.4 Å². The molecule has 0 aliphatic heterocycles. The average molecular weight is 622 g/mol. The Balaban J connectivity index is 1.41. The van der Waals surface area contributed by atoms with Crippen LogP contribution in [0.4, 0.5) is 5.69 Å². The van der Waals surface area contributed by atoms with Crippen LogP contribution < -0.4 is 10.6 Å². The maximum Gasteiger partial charge on any atom is 0.243 e. The van der Waals surface area contributed by atoms with Gasteiger partial charge in [-0.2, -0.15) is 4.31 Å². The molecule has 0 atom stereocenters. The van der Waals surface area contributed by atoms with Crippen LogP contribution in [0.1, 0.15) is 5.56 Å². The van der Waals surface area contributed by atoms with Crippen LogP contribution in [0.5, 0.6) is 0 Å². The molecule has 0 unspecified atom stereocenters. The lowest BCUT2D eigenvalue weighted by Crippen LogP contribution is -2.41. The molecular formula is C26H23BrCl2N4O3S. The molecule has 0 saturated heterocycles. The Morgan fingerprint density at radius 2 is 1.62 bits per heavy atom. The van der Waals surface area contributed by atoms with Crippen LogP contribution in [0, 0.1) is 0 Å². The van der Waals surface area contributed by atoms with Gasteiger partial charge in [0.1, 0.15) is 0 Å². The molecule has 4 aromatic rings. The first-order valence-corrected chi connectivity index (χ1v) is 14.3. The van der Waals surface area contributed by atoms with Crippen molar-refractivity contribution in [3.05, 3.63) is 99.1 Å². The van der Waals surface area contributed by atoms with Gasteiger partial charge in [0.05, 0.1) is 17.0 Å². The topological polar surface area (TPSA) is 91.4 Å². The van der Waals surface area contributed by atoms with Crippen molar-refractivity contribution < 1.29 is 13.2 Å². The maximum absolute atomic E-state index is 13.4. The fraction of sp³-hybridized carbons (Fsp3) is 0.154. The summed E-state index contributed by atoms with van der Waals surface area (Å²) in [7, 11) is -3.94. The first-order chi connectivity index (χ1) is 17.7. The molecule has 1 heterocycles. The van der Waals surface area contributed by atoms with Crippen molar-refractivity contribution in [3.63, 3.8) is 0 Å². The molecule has 2 N–H and O–H groups in total. The second-order valence-electron chi connectivity index (χ2n) is 8.15. The van der Waals surface area contributed by atoms with Crippen molar-refractivity contribution in [1.82, 2.24) is 14.6 Å². The molecule has 0 aliphatic rings. The van der Waals surface area contributed by atoms with Gasteiger partial charge in [-0.05, 0) is 66.2 Å². The molecular weight excluding hydrogens is 599 g/mol. The minimum Gasteiger partial charge on any atom is -0.383 e. The van der Waals surface area contributed by atoms with Crippen molar-refractivity contribution in [2.45, 2.75) is 11.4 Å². The van der Waals surface area contributed by atoms with Crippen molar-refractivity contribution in [3.8, 4) is 0 Å². The highest BCUT2D eigenvalue weighted by molar-refractivity contribution is 9.10. The summed E-state index contributed by atoms with van der Waals surface area (Å²) in [4.78, 5) is 17.2. The predicted molar refractivity (Wildman–Crippen MR) is 151 cm³/mol. The number of carbonyl (C=O) groups is 1. The van der Waals surface area contributed by atoms with E-state index in [0.29, 0.717) is 28.7 Å². The van der Waals surface area contributed by atoms with E-state index in [2.05, 4.69) is 31.5 Å². The standard InChI is InChI=1S/C26H23BrCl2N4O3S/c27-19-3-8-22(9-4-19)37(35,36)33(16-18-1-5-20(28)6-2-18)17-26(34)32-14-13-31-24-11-12-30-25-15-21(29)7-10-23(24)25/h1-12,15H,13-14,16-17H2,(H,30,31)(H,32,34). The SMILES string of the molecule is O=C(CN(Cc1ccc(Cl)cc1)S(=O)(=O)c1ccc(Br)cc1)NCCNc1ccnc2cc(Cl)ccc12. The van der Waals surface area contributed by atoms with E-state index in [-0.39, 0.29) is 18.0 Å². The number of amides is 1. The zero-order valence-corrected chi connectivity index (χ0v) is 23.4. The third kappa shape index (κ3) is 7.21. The lowest BCUT2D eigenvalue weighted by Gasteiger charge is -2.22. The van der Waals surface area contributed by atoms with Crippen molar-refractivity contribution >= 4 is 71.7 Å². The molecule has 0 spiro atoms. The lowest BCUT2D eigenvalue weighted by molar-refractivity contribution is -0.121. The minimum absolute atomic E-state index is 0.0206. The van der Waals surface area contributed by atoms with Crippen LogP contribution in [0.25, 0.3) is 10.9 Å². The second kappa shape index (κ2) is 12.2. The summed E-state index contributed by atoms with van der Waals surface area (Å²) in [5, 5.41) is 8.13. The highest BCUT2D eigenvalue weighted by atomic mass is 79.9. The Kier molecular flexibility index (Phi) is 9.04. The molecule has 0 fully saturated rings. The lowest BCUT2D eigenvalue weighted by atomic mass is 10.2. The number of carbonyl (C=O) groups excluding carboxylic acids is 1. The summed E-state index contributed by atoms with van der Waals surface area (Å²) in [5.41, 5.74) is 2.33. The highest BCUT2D eigenvalue weighted by Gasteiger charge is 2.27. The van der Waals surface area contributed by atoms with Crippen LogP contribution in [0.3, 0.4) is 0 Å². The van der Waals surface area contributed by atoms with E-state index >= 15 is 0 Å². The smallest absolute Gasteiger partial charge is 0.243 e. The molecule has 0 saturated carbocycles. The summed E-state index contributed by atoms with van der Waals surface area (Å²) < 4.78 is 28.7. The van der Waals surface area contributed by atoms with Crippen molar-refractivity contribution in [2.24, 2.45) is 0 Å². The second-order valence-corrected chi connectivity index (χ2v) is 11.9. The number of hydrogen-bond acceptors (Lipinski definition) is 5. The van der Waals surface area contributed by atoms with Crippen LogP contribution in [0.15, 0.2) is 88.4 Å². The minimum atomic E-state index is -3.94. The number of fused-ring (bicyclic) bond motifs is 1. The van der Waals surface area contributed by atoms with E-state index in [1.54, 1.807) is 54.7 Å². The van der Waals surface area contributed by atoms with Gasteiger partial charge in [0.15, 0.2) is 0 Å². The van der Waals surface area contributed by atoms with Gasteiger partial charge < -0.3 is 10.6 Å². The Morgan fingerprint density at radius 1 is 0.919 bits per heavy atom. The van der Waals surface area contributed by atoms with E-state index in [1.165, 1.54) is 12.1 Å². The zero-order valence-electron chi connectivity index (χ0n) is 19.5. The Bertz CT molecular complexity index is 1500. The Hall–Kier alpha value is -2.69. The number of rotatable bonds is 10. The molecule has 192 valence electrons. The van der Waals surface area contributed by atoms with Crippen LogP contribution in [0.2, 0.25) is 10.0 Å². The van der Waals surface area contributed by atoms with Gasteiger partial charge in [-0.25, -0.2) is 8.42 Å². The molecule has 7 nitrogen and oxygen atoms in total. The highest BCUT2D eigenvalue weighted by Crippen LogP contribution is 2.24. The van der Waals surface area contributed by atoms with Crippen molar-refractivity contribution in [1.29, 1.82) is 0 Å². The fourth-order valence-electron chi connectivity index (χ4n) is 3.67.